The van der Waals surface area contributed by atoms with Crippen LogP contribution in [0.15, 0.2) is 11.1 Å². The minimum absolute atomic E-state index is 0.196. The monoisotopic (exact) mass is 297 g/mol. The predicted molar refractivity (Wildman–Crippen MR) is 76.1 cm³/mol. The Labute approximate surface area is 118 Å². The Morgan fingerprint density at radius 2 is 1.85 bits per heavy atom. The third-order valence-electron chi connectivity index (χ3n) is 3.26. The number of nitrogens with zero attached hydrogens (tertiary/aromatic N) is 4. The average molecular weight is 297 g/mol. The van der Waals surface area contributed by atoms with Gasteiger partial charge in [-0.15, -0.1) is 0 Å². The molecule has 2 aromatic rings. The van der Waals surface area contributed by atoms with Gasteiger partial charge in [-0.1, -0.05) is 0 Å². The fourth-order valence-electron chi connectivity index (χ4n) is 2.04. The van der Waals surface area contributed by atoms with Crippen molar-refractivity contribution >= 4 is 15.7 Å². The summed E-state index contributed by atoms with van der Waals surface area (Å²) >= 11 is 0. The molecule has 2 rings (SSSR count). The Balaban J connectivity index is 2.43. The lowest BCUT2D eigenvalue weighted by Gasteiger charge is -2.07. The summed E-state index contributed by atoms with van der Waals surface area (Å²) in [5.41, 5.74) is 2.43. The summed E-state index contributed by atoms with van der Waals surface area (Å²) < 4.78 is 30.8. The second kappa shape index (κ2) is 4.93. The molecule has 2 heterocycles. The summed E-state index contributed by atoms with van der Waals surface area (Å²) in [5, 5.41) is 8.36. The van der Waals surface area contributed by atoms with Gasteiger partial charge in [0.2, 0.25) is 0 Å². The predicted octanol–water partition coefficient (Wildman–Crippen LogP) is 1.36. The standard InChI is InChI=1S/C12H19N5O2S/c1-6-17-7-11(8(2)14-17)20(18,19)15-12-9(3)13-16(5)10(12)4/h7,15H,6H2,1-5H3. The number of aryl methyl sites for hydroxylation is 4. The zero-order chi connectivity index (χ0) is 15.1. The van der Waals surface area contributed by atoms with E-state index < -0.39 is 10.0 Å². The maximum Gasteiger partial charge on any atom is 0.265 e. The van der Waals surface area contributed by atoms with Crippen LogP contribution in [0.5, 0.6) is 0 Å². The Bertz CT molecular complexity index is 742. The second-order valence-electron chi connectivity index (χ2n) is 4.71. The molecule has 2 aromatic heterocycles. The summed E-state index contributed by atoms with van der Waals surface area (Å²) in [6.45, 7) is 7.81. The lowest BCUT2D eigenvalue weighted by atomic mass is 10.3. The number of anilines is 1. The number of aromatic nitrogens is 4. The Kier molecular flexibility index (Phi) is 3.59. The SMILES string of the molecule is CCn1cc(S(=O)(=O)Nc2c(C)nn(C)c2C)c(C)n1. The first kappa shape index (κ1) is 14.6. The molecule has 0 aromatic carbocycles. The van der Waals surface area contributed by atoms with Crippen LogP contribution >= 0.6 is 0 Å². The number of sulfonamides is 1. The fourth-order valence-corrected chi connectivity index (χ4v) is 3.40. The van der Waals surface area contributed by atoms with Crippen molar-refractivity contribution < 1.29 is 8.42 Å². The number of hydrogen-bond donors (Lipinski definition) is 1. The summed E-state index contributed by atoms with van der Waals surface area (Å²) in [5.74, 6) is 0. The third-order valence-corrected chi connectivity index (χ3v) is 4.71. The smallest absolute Gasteiger partial charge is 0.265 e. The van der Waals surface area contributed by atoms with Crippen LogP contribution in [-0.4, -0.2) is 28.0 Å². The highest BCUT2D eigenvalue weighted by molar-refractivity contribution is 7.92. The molecule has 110 valence electrons. The van der Waals surface area contributed by atoms with Crippen molar-refractivity contribution in [2.75, 3.05) is 4.72 Å². The lowest BCUT2D eigenvalue weighted by Crippen LogP contribution is -2.14. The van der Waals surface area contributed by atoms with Crippen LogP contribution in [-0.2, 0) is 23.6 Å². The maximum atomic E-state index is 12.5. The second-order valence-corrected chi connectivity index (χ2v) is 6.36. The summed E-state index contributed by atoms with van der Waals surface area (Å²) in [7, 11) is -1.87. The highest BCUT2D eigenvalue weighted by Gasteiger charge is 2.23. The molecule has 0 aliphatic rings. The molecule has 0 spiro atoms. The molecule has 0 saturated heterocycles. The Morgan fingerprint density at radius 1 is 1.20 bits per heavy atom. The quantitative estimate of drug-likeness (QED) is 0.924. The largest absolute Gasteiger partial charge is 0.276 e. The molecular weight excluding hydrogens is 278 g/mol. The van der Waals surface area contributed by atoms with Gasteiger partial charge in [0.1, 0.15) is 4.90 Å². The van der Waals surface area contributed by atoms with E-state index in [0.29, 0.717) is 23.6 Å². The first-order valence-corrected chi connectivity index (χ1v) is 7.81. The Hall–Kier alpha value is -1.83. The minimum Gasteiger partial charge on any atom is -0.276 e. The molecule has 0 atom stereocenters. The molecule has 0 bridgehead atoms. The van der Waals surface area contributed by atoms with Crippen LogP contribution in [0.1, 0.15) is 24.0 Å². The van der Waals surface area contributed by atoms with Gasteiger partial charge in [0, 0.05) is 19.8 Å². The zero-order valence-corrected chi connectivity index (χ0v) is 13.1. The Morgan fingerprint density at radius 3 is 2.30 bits per heavy atom. The van der Waals surface area contributed by atoms with Gasteiger partial charge in [-0.3, -0.25) is 14.1 Å². The van der Waals surface area contributed by atoms with Crippen molar-refractivity contribution in [1.82, 2.24) is 19.6 Å². The molecule has 0 aliphatic heterocycles. The van der Waals surface area contributed by atoms with Crippen LogP contribution in [0.2, 0.25) is 0 Å². The van der Waals surface area contributed by atoms with Crippen LogP contribution in [0.4, 0.5) is 5.69 Å². The van der Waals surface area contributed by atoms with Gasteiger partial charge < -0.3 is 0 Å². The number of nitrogens with one attached hydrogen (secondary N) is 1. The van der Waals surface area contributed by atoms with Crippen molar-refractivity contribution in [1.29, 1.82) is 0 Å². The van der Waals surface area contributed by atoms with Crippen molar-refractivity contribution in [3.05, 3.63) is 23.3 Å². The van der Waals surface area contributed by atoms with E-state index in [-0.39, 0.29) is 4.90 Å². The number of hydrogen-bond acceptors (Lipinski definition) is 4. The van der Waals surface area contributed by atoms with Crippen molar-refractivity contribution in [2.24, 2.45) is 7.05 Å². The van der Waals surface area contributed by atoms with Gasteiger partial charge >= 0.3 is 0 Å². The average Bonchev–Trinajstić information content (AvgIpc) is 2.86. The highest BCUT2D eigenvalue weighted by Crippen LogP contribution is 2.23. The van der Waals surface area contributed by atoms with Gasteiger partial charge in [-0.05, 0) is 27.7 Å². The first-order chi connectivity index (χ1) is 9.26. The van der Waals surface area contributed by atoms with Gasteiger partial charge in [-0.25, -0.2) is 8.42 Å². The zero-order valence-electron chi connectivity index (χ0n) is 12.3. The molecule has 0 radical (unpaired) electrons. The van der Waals surface area contributed by atoms with E-state index >= 15 is 0 Å². The van der Waals surface area contributed by atoms with E-state index in [0.717, 1.165) is 5.69 Å². The topological polar surface area (TPSA) is 81.8 Å². The molecule has 0 aliphatic carbocycles. The third kappa shape index (κ3) is 2.43. The van der Waals surface area contributed by atoms with Crippen molar-refractivity contribution in [3.8, 4) is 0 Å². The van der Waals surface area contributed by atoms with Gasteiger partial charge in [-0.2, -0.15) is 10.2 Å². The fraction of sp³-hybridized carbons (Fsp3) is 0.500. The van der Waals surface area contributed by atoms with Crippen LogP contribution in [0, 0.1) is 20.8 Å². The molecule has 8 heteroatoms. The van der Waals surface area contributed by atoms with Crippen molar-refractivity contribution in [2.45, 2.75) is 39.1 Å². The maximum absolute atomic E-state index is 12.5. The lowest BCUT2D eigenvalue weighted by molar-refractivity contribution is 0.600. The van der Waals surface area contributed by atoms with E-state index in [1.807, 2.05) is 13.8 Å². The molecule has 20 heavy (non-hydrogen) atoms. The normalized spacial score (nSPS) is 11.8. The molecule has 1 N–H and O–H groups in total. The van der Waals surface area contributed by atoms with Gasteiger partial charge in [0.05, 0.1) is 22.8 Å². The highest BCUT2D eigenvalue weighted by atomic mass is 32.2. The van der Waals surface area contributed by atoms with E-state index in [2.05, 4.69) is 14.9 Å². The number of rotatable bonds is 4. The van der Waals surface area contributed by atoms with Crippen LogP contribution in [0.3, 0.4) is 0 Å². The first-order valence-electron chi connectivity index (χ1n) is 6.33. The molecule has 7 nitrogen and oxygen atoms in total. The summed E-state index contributed by atoms with van der Waals surface area (Å²) in [6.07, 6.45) is 1.54. The van der Waals surface area contributed by atoms with E-state index in [9.17, 15) is 8.42 Å². The molecule has 0 saturated carbocycles. The van der Waals surface area contributed by atoms with Crippen LogP contribution in [0.25, 0.3) is 0 Å². The van der Waals surface area contributed by atoms with E-state index in [4.69, 9.17) is 0 Å². The molecular formula is C12H19N5O2S. The van der Waals surface area contributed by atoms with E-state index in [1.165, 1.54) is 0 Å². The summed E-state index contributed by atoms with van der Waals surface area (Å²) in [4.78, 5) is 0.196. The van der Waals surface area contributed by atoms with Gasteiger partial charge in [0.25, 0.3) is 10.0 Å². The molecule has 0 unspecified atom stereocenters. The van der Waals surface area contributed by atoms with Gasteiger partial charge in [0.15, 0.2) is 0 Å². The van der Waals surface area contributed by atoms with E-state index in [1.54, 1.807) is 36.5 Å². The molecule has 0 fully saturated rings. The van der Waals surface area contributed by atoms with Crippen molar-refractivity contribution in [3.63, 3.8) is 0 Å². The summed E-state index contributed by atoms with van der Waals surface area (Å²) in [6, 6.07) is 0. The molecule has 0 amide bonds. The van der Waals surface area contributed by atoms with Crippen LogP contribution < -0.4 is 4.72 Å². The minimum atomic E-state index is -3.65.